The van der Waals surface area contributed by atoms with Crippen LogP contribution in [-0.2, 0) is 17.6 Å². The van der Waals surface area contributed by atoms with E-state index in [-0.39, 0.29) is 6.04 Å². The lowest BCUT2D eigenvalue weighted by atomic mass is 9.94. The molecule has 0 aliphatic heterocycles. The van der Waals surface area contributed by atoms with Gasteiger partial charge in [-0.25, -0.2) is 4.79 Å². The molecule has 4 N–H and O–H groups in total. The second-order valence-electron chi connectivity index (χ2n) is 8.19. The van der Waals surface area contributed by atoms with Crippen molar-refractivity contribution in [3.63, 3.8) is 0 Å². The highest BCUT2D eigenvalue weighted by atomic mass is 16.6. The molecule has 0 heterocycles. The van der Waals surface area contributed by atoms with Crippen molar-refractivity contribution in [2.45, 2.75) is 63.8 Å². The van der Waals surface area contributed by atoms with E-state index in [9.17, 15) is 9.90 Å². The van der Waals surface area contributed by atoms with E-state index in [0.717, 1.165) is 11.1 Å². The molecular weight excluding hydrogens is 352 g/mol. The Morgan fingerprint density at radius 1 is 1.00 bits per heavy atom. The Morgan fingerprint density at radius 3 is 2.00 bits per heavy atom. The van der Waals surface area contributed by atoms with Gasteiger partial charge in [0.25, 0.3) is 0 Å². The van der Waals surface area contributed by atoms with Crippen LogP contribution in [0.4, 0.5) is 4.79 Å². The number of aliphatic hydroxyl groups excluding tert-OH is 1. The minimum atomic E-state index is -0.746. The number of hydrogen-bond acceptors (Lipinski definition) is 4. The van der Waals surface area contributed by atoms with Crippen molar-refractivity contribution in [1.82, 2.24) is 5.32 Å². The van der Waals surface area contributed by atoms with Crippen LogP contribution in [0.1, 0.15) is 38.3 Å². The largest absolute Gasteiger partial charge is 0.444 e. The summed E-state index contributed by atoms with van der Waals surface area (Å²) in [5.74, 6) is 0. The van der Waals surface area contributed by atoms with Crippen LogP contribution in [-0.4, -0.2) is 35.0 Å². The van der Waals surface area contributed by atoms with Gasteiger partial charge in [0.05, 0.1) is 6.10 Å². The molecule has 28 heavy (non-hydrogen) atoms. The Bertz CT molecular complexity index is 714. The molecule has 2 rings (SSSR count). The minimum absolute atomic E-state index is 0.283. The van der Waals surface area contributed by atoms with Crippen molar-refractivity contribution in [3.8, 4) is 0 Å². The molecular formula is C23H32N2O3. The van der Waals surface area contributed by atoms with Crippen molar-refractivity contribution in [2.24, 2.45) is 5.73 Å². The number of carbonyl (C=O) groups is 1. The first kappa shape index (κ1) is 21.9. The van der Waals surface area contributed by atoms with E-state index in [1.807, 2.05) is 81.4 Å². The summed E-state index contributed by atoms with van der Waals surface area (Å²) in [6.45, 7) is 5.47. The summed E-state index contributed by atoms with van der Waals surface area (Å²) in [6.07, 6.45) is 0.283. The molecule has 0 saturated heterocycles. The molecule has 152 valence electrons. The maximum absolute atomic E-state index is 12.3. The Labute approximate surface area is 167 Å². The van der Waals surface area contributed by atoms with Gasteiger partial charge in [-0.1, -0.05) is 60.7 Å². The molecule has 2 aromatic rings. The van der Waals surface area contributed by atoms with Crippen LogP contribution < -0.4 is 11.1 Å². The predicted octanol–water partition coefficient (Wildman–Crippen LogP) is 3.44. The fourth-order valence-corrected chi connectivity index (χ4v) is 3.05. The molecule has 1 amide bonds. The standard InChI is InChI=1S/C23H32N2O3/c1-23(2,3)28-22(27)25-19(14-17-10-6-4-7-11-17)16-21(26)20(24)15-18-12-8-5-9-13-18/h4-13,19-21,26H,14-16,24H2,1-3H3,(H,25,27)/t19-,20-,21-/m1/s1. The van der Waals surface area contributed by atoms with Crippen LogP contribution in [0.3, 0.4) is 0 Å². The quantitative estimate of drug-likeness (QED) is 0.651. The van der Waals surface area contributed by atoms with E-state index in [1.165, 1.54) is 0 Å². The van der Waals surface area contributed by atoms with Gasteiger partial charge in [0, 0.05) is 12.1 Å². The van der Waals surface area contributed by atoms with Crippen molar-refractivity contribution in [1.29, 1.82) is 0 Å². The normalized spacial score (nSPS) is 14.8. The highest BCUT2D eigenvalue weighted by Crippen LogP contribution is 2.14. The summed E-state index contributed by atoms with van der Waals surface area (Å²) in [7, 11) is 0. The summed E-state index contributed by atoms with van der Waals surface area (Å²) in [4.78, 5) is 12.3. The first-order chi connectivity index (χ1) is 13.2. The SMILES string of the molecule is CC(C)(C)OC(=O)N[C@H](Cc1ccccc1)C[C@@H](O)[C@H](N)Cc1ccccc1. The summed E-state index contributed by atoms with van der Waals surface area (Å²) in [5, 5.41) is 13.6. The number of alkyl carbamates (subject to hydrolysis) is 1. The molecule has 0 unspecified atom stereocenters. The van der Waals surface area contributed by atoms with Crippen molar-refractivity contribution in [3.05, 3.63) is 71.8 Å². The molecule has 0 aromatic heterocycles. The second-order valence-corrected chi connectivity index (χ2v) is 8.19. The molecule has 0 spiro atoms. The Hall–Kier alpha value is -2.37. The number of benzene rings is 2. The molecule has 0 bridgehead atoms. The van der Waals surface area contributed by atoms with Gasteiger partial charge in [0.15, 0.2) is 0 Å². The van der Waals surface area contributed by atoms with E-state index in [0.29, 0.717) is 19.3 Å². The molecule has 3 atom stereocenters. The van der Waals surface area contributed by atoms with Crippen LogP contribution >= 0.6 is 0 Å². The van der Waals surface area contributed by atoms with E-state index in [2.05, 4.69) is 5.32 Å². The minimum Gasteiger partial charge on any atom is -0.444 e. The first-order valence-electron chi connectivity index (χ1n) is 9.74. The molecule has 0 radical (unpaired) electrons. The lowest BCUT2D eigenvalue weighted by Crippen LogP contribution is -2.46. The maximum atomic E-state index is 12.3. The summed E-state index contributed by atoms with van der Waals surface area (Å²) in [6, 6.07) is 19.0. The van der Waals surface area contributed by atoms with Crippen molar-refractivity contribution < 1.29 is 14.6 Å². The van der Waals surface area contributed by atoms with Gasteiger partial charge in [0.2, 0.25) is 0 Å². The van der Waals surface area contributed by atoms with Gasteiger partial charge in [-0.15, -0.1) is 0 Å². The molecule has 0 aliphatic rings. The fourth-order valence-electron chi connectivity index (χ4n) is 3.05. The molecule has 0 aliphatic carbocycles. The van der Waals surface area contributed by atoms with Crippen LogP contribution in [0.5, 0.6) is 0 Å². The topological polar surface area (TPSA) is 84.6 Å². The lowest BCUT2D eigenvalue weighted by Gasteiger charge is -2.27. The number of nitrogens with one attached hydrogen (secondary N) is 1. The third kappa shape index (κ3) is 8.11. The van der Waals surface area contributed by atoms with Crippen LogP contribution in [0, 0.1) is 0 Å². The monoisotopic (exact) mass is 384 g/mol. The van der Waals surface area contributed by atoms with Crippen LogP contribution in [0.15, 0.2) is 60.7 Å². The number of ether oxygens (including phenoxy) is 1. The highest BCUT2D eigenvalue weighted by Gasteiger charge is 2.24. The van der Waals surface area contributed by atoms with Gasteiger partial charge in [0.1, 0.15) is 5.60 Å². The molecule has 2 aromatic carbocycles. The van der Waals surface area contributed by atoms with E-state index in [4.69, 9.17) is 10.5 Å². The first-order valence-corrected chi connectivity index (χ1v) is 9.74. The molecule has 0 saturated carbocycles. The van der Waals surface area contributed by atoms with Crippen LogP contribution in [0.2, 0.25) is 0 Å². The number of rotatable bonds is 8. The number of aliphatic hydroxyl groups is 1. The van der Waals surface area contributed by atoms with Crippen molar-refractivity contribution in [2.75, 3.05) is 0 Å². The van der Waals surface area contributed by atoms with Gasteiger partial charge >= 0.3 is 6.09 Å². The fraction of sp³-hybridized carbons (Fsp3) is 0.435. The molecule has 5 nitrogen and oxygen atoms in total. The third-order valence-electron chi connectivity index (χ3n) is 4.38. The average Bonchev–Trinajstić information content (AvgIpc) is 2.61. The highest BCUT2D eigenvalue weighted by molar-refractivity contribution is 5.68. The predicted molar refractivity (Wildman–Crippen MR) is 112 cm³/mol. The van der Waals surface area contributed by atoms with E-state index < -0.39 is 23.8 Å². The summed E-state index contributed by atoms with van der Waals surface area (Å²) < 4.78 is 5.38. The summed E-state index contributed by atoms with van der Waals surface area (Å²) >= 11 is 0. The molecule has 5 heteroatoms. The number of hydrogen-bond donors (Lipinski definition) is 3. The zero-order valence-corrected chi connectivity index (χ0v) is 17.0. The van der Waals surface area contributed by atoms with E-state index in [1.54, 1.807) is 0 Å². The second kappa shape index (κ2) is 10.2. The third-order valence-corrected chi connectivity index (χ3v) is 4.38. The maximum Gasteiger partial charge on any atom is 0.407 e. The Kier molecular flexibility index (Phi) is 8.03. The van der Waals surface area contributed by atoms with Gasteiger partial charge in [-0.05, 0) is 51.2 Å². The van der Waals surface area contributed by atoms with Gasteiger partial charge < -0.3 is 20.9 Å². The summed E-state index contributed by atoms with van der Waals surface area (Å²) in [5.41, 5.74) is 7.80. The number of amides is 1. The average molecular weight is 385 g/mol. The van der Waals surface area contributed by atoms with Gasteiger partial charge in [-0.2, -0.15) is 0 Å². The number of nitrogens with two attached hydrogens (primary N) is 1. The zero-order chi connectivity index (χ0) is 20.6. The smallest absolute Gasteiger partial charge is 0.407 e. The van der Waals surface area contributed by atoms with Crippen molar-refractivity contribution >= 4 is 6.09 Å². The lowest BCUT2D eigenvalue weighted by molar-refractivity contribution is 0.0475. The number of carbonyl (C=O) groups excluding carboxylic acids is 1. The van der Waals surface area contributed by atoms with E-state index >= 15 is 0 Å². The zero-order valence-electron chi connectivity index (χ0n) is 17.0. The van der Waals surface area contributed by atoms with Crippen LogP contribution in [0.25, 0.3) is 0 Å². The Balaban J connectivity index is 2.01. The van der Waals surface area contributed by atoms with Gasteiger partial charge in [-0.3, -0.25) is 0 Å². The Morgan fingerprint density at radius 2 is 1.50 bits per heavy atom. The molecule has 0 fully saturated rings.